The van der Waals surface area contributed by atoms with Crippen LogP contribution in [-0.4, -0.2) is 41.6 Å². The van der Waals surface area contributed by atoms with Crippen LogP contribution in [0.1, 0.15) is 58.4 Å². The highest BCUT2D eigenvalue weighted by Crippen LogP contribution is 2.41. The summed E-state index contributed by atoms with van der Waals surface area (Å²) in [5.74, 6) is 0.499. The van der Waals surface area contributed by atoms with Crippen molar-refractivity contribution in [2.45, 2.75) is 58.9 Å². The molecule has 0 radical (unpaired) electrons. The van der Waals surface area contributed by atoms with Crippen molar-refractivity contribution in [2.75, 3.05) is 19.8 Å². The van der Waals surface area contributed by atoms with Gasteiger partial charge in [0.25, 0.3) is 0 Å². The van der Waals surface area contributed by atoms with E-state index in [1.807, 2.05) is 10.9 Å². The third-order valence-electron chi connectivity index (χ3n) is 6.98. The number of hydrogen-bond donors (Lipinski definition) is 2. The molecule has 2 heterocycles. The number of urea groups is 1. The van der Waals surface area contributed by atoms with E-state index in [0.717, 1.165) is 35.9 Å². The molecule has 3 aromatic rings. The summed E-state index contributed by atoms with van der Waals surface area (Å²) in [6, 6.07) is 12.9. The van der Waals surface area contributed by atoms with Gasteiger partial charge in [0.05, 0.1) is 17.4 Å². The molecule has 1 atom stereocenters. The van der Waals surface area contributed by atoms with E-state index in [4.69, 9.17) is 4.74 Å². The van der Waals surface area contributed by atoms with Gasteiger partial charge >= 0.3 is 6.03 Å². The van der Waals surface area contributed by atoms with Crippen molar-refractivity contribution in [3.63, 3.8) is 0 Å². The molecular weight excluding hydrogens is 443 g/mol. The normalized spacial score (nSPS) is 15.9. The van der Waals surface area contributed by atoms with E-state index in [-0.39, 0.29) is 29.2 Å². The largest absolute Gasteiger partial charge is 0.381 e. The molecule has 0 aliphatic carbocycles. The number of aromatic nitrogens is 2. The summed E-state index contributed by atoms with van der Waals surface area (Å²) in [5, 5.41) is 11.8. The number of ether oxygens (including phenoxy) is 1. The molecule has 188 valence electrons. The van der Waals surface area contributed by atoms with Gasteiger partial charge < -0.3 is 15.4 Å². The summed E-state index contributed by atoms with van der Waals surface area (Å²) in [6.45, 7) is 10.9. The third kappa shape index (κ3) is 6.20. The van der Waals surface area contributed by atoms with Crippen molar-refractivity contribution in [2.24, 2.45) is 11.3 Å². The van der Waals surface area contributed by atoms with Crippen LogP contribution in [-0.2, 0) is 4.74 Å². The van der Waals surface area contributed by atoms with Crippen LogP contribution in [0.4, 0.5) is 9.18 Å². The van der Waals surface area contributed by atoms with Crippen LogP contribution >= 0.6 is 0 Å². The molecule has 0 spiro atoms. The Kier molecular flexibility index (Phi) is 7.75. The first-order chi connectivity index (χ1) is 16.7. The zero-order valence-corrected chi connectivity index (χ0v) is 21.2. The van der Waals surface area contributed by atoms with Crippen molar-refractivity contribution in [3.05, 3.63) is 60.0 Å². The van der Waals surface area contributed by atoms with Crippen LogP contribution in [0.15, 0.2) is 48.7 Å². The van der Waals surface area contributed by atoms with Gasteiger partial charge in [-0.2, -0.15) is 5.10 Å². The minimum Gasteiger partial charge on any atom is -0.381 e. The second-order valence-electron chi connectivity index (χ2n) is 10.7. The van der Waals surface area contributed by atoms with Crippen LogP contribution < -0.4 is 10.6 Å². The second-order valence-corrected chi connectivity index (χ2v) is 10.7. The zero-order chi connectivity index (χ0) is 25.0. The summed E-state index contributed by atoms with van der Waals surface area (Å²) >= 11 is 0. The fourth-order valence-electron chi connectivity index (χ4n) is 4.94. The smallest absolute Gasteiger partial charge is 0.315 e. The van der Waals surface area contributed by atoms with E-state index in [9.17, 15) is 9.18 Å². The van der Waals surface area contributed by atoms with E-state index in [1.165, 1.54) is 17.7 Å². The number of benzene rings is 2. The highest BCUT2D eigenvalue weighted by atomic mass is 19.1. The predicted molar refractivity (Wildman–Crippen MR) is 137 cm³/mol. The Labute approximate surface area is 207 Å². The van der Waals surface area contributed by atoms with Gasteiger partial charge in [-0.15, -0.1) is 0 Å². The van der Waals surface area contributed by atoms with E-state index in [1.54, 1.807) is 12.1 Å². The molecule has 1 unspecified atom stereocenters. The summed E-state index contributed by atoms with van der Waals surface area (Å²) in [4.78, 5) is 12.6. The molecule has 35 heavy (non-hydrogen) atoms. The molecule has 1 aliphatic rings. The maximum atomic E-state index is 13.4. The fraction of sp³-hybridized carbons (Fsp3) is 0.500. The second kappa shape index (κ2) is 10.8. The molecule has 1 fully saturated rings. The van der Waals surface area contributed by atoms with Crippen molar-refractivity contribution in [3.8, 4) is 5.69 Å². The lowest BCUT2D eigenvalue weighted by Gasteiger charge is -2.36. The Hall–Kier alpha value is -2.93. The molecule has 0 saturated carbocycles. The van der Waals surface area contributed by atoms with Crippen molar-refractivity contribution in [1.29, 1.82) is 0 Å². The average molecular weight is 481 g/mol. The first kappa shape index (κ1) is 25.2. The predicted octanol–water partition coefficient (Wildman–Crippen LogP) is 5.80. The number of fused-ring (bicyclic) bond motifs is 1. The number of hydrogen-bond acceptors (Lipinski definition) is 3. The SMILES string of the molecule is CC(C)CC(c1ccc2c(cnn2-c2ccc(F)cc2)c1)C(C)(C)CNC(=O)NC1CCOCC1. The number of halogens is 1. The molecule has 0 bridgehead atoms. The lowest BCUT2D eigenvalue weighted by atomic mass is 9.71. The lowest BCUT2D eigenvalue weighted by Crippen LogP contribution is -2.47. The van der Waals surface area contributed by atoms with Gasteiger partial charge in [-0.05, 0) is 78.5 Å². The maximum Gasteiger partial charge on any atom is 0.315 e. The molecule has 6 nitrogen and oxygen atoms in total. The van der Waals surface area contributed by atoms with Gasteiger partial charge in [-0.3, -0.25) is 0 Å². The van der Waals surface area contributed by atoms with Crippen molar-refractivity contribution < 1.29 is 13.9 Å². The van der Waals surface area contributed by atoms with Gasteiger partial charge in [0.2, 0.25) is 0 Å². The standard InChI is InChI=1S/C28H37FN4O2/c1-19(2)15-25(28(3,4)18-30-27(34)32-23-11-13-35-14-12-23)20-5-10-26-21(16-20)17-31-33(26)24-8-6-22(29)7-9-24/h5-10,16-17,19,23,25H,11-15,18H2,1-4H3,(H2,30,32,34). The number of carbonyl (C=O) groups excluding carboxylic acids is 1. The first-order valence-corrected chi connectivity index (χ1v) is 12.6. The summed E-state index contributed by atoms with van der Waals surface area (Å²) in [6.07, 6.45) is 4.59. The molecule has 1 aromatic heterocycles. The number of nitrogens with zero attached hydrogens (tertiary/aromatic N) is 2. The Morgan fingerprint density at radius 2 is 1.89 bits per heavy atom. The molecule has 2 N–H and O–H groups in total. The topological polar surface area (TPSA) is 68.2 Å². The van der Waals surface area contributed by atoms with E-state index in [2.05, 4.69) is 61.6 Å². The molecular formula is C28H37FN4O2. The van der Waals surface area contributed by atoms with Gasteiger partial charge in [-0.25, -0.2) is 13.9 Å². The number of carbonyl (C=O) groups is 1. The molecule has 4 rings (SSSR count). The van der Waals surface area contributed by atoms with Crippen LogP contribution in [0, 0.1) is 17.2 Å². The van der Waals surface area contributed by atoms with Gasteiger partial charge in [0.15, 0.2) is 0 Å². The van der Waals surface area contributed by atoms with E-state index in [0.29, 0.717) is 25.7 Å². The average Bonchev–Trinajstić information content (AvgIpc) is 3.25. The van der Waals surface area contributed by atoms with Crippen LogP contribution in [0.25, 0.3) is 16.6 Å². The maximum absolute atomic E-state index is 13.4. The number of amides is 2. The molecule has 2 amide bonds. The summed E-state index contributed by atoms with van der Waals surface area (Å²) in [7, 11) is 0. The number of nitrogens with one attached hydrogen (secondary N) is 2. The van der Waals surface area contributed by atoms with Crippen molar-refractivity contribution >= 4 is 16.9 Å². The Morgan fingerprint density at radius 3 is 2.57 bits per heavy atom. The Balaban J connectivity index is 1.52. The molecule has 1 saturated heterocycles. The first-order valence-electron chi connectivity index (χ1n) is 12.6. The highest BCUT2D eigenvalue weighted by molar-refractivity contribution is 5.81. The Morgan fingerprint density at radius 1 is 1.17 bits per heavy atom. The van der Waals surface area contributed by atoms with Crippen LogP contribution in [0.5, 0.6) is 0 Å². The van der Waals surface area contributed by atoms with Crippen LogP contribution in [0.2, 0.25) is 0 Å². The minimum atomic E-state index is -0.263. The molecule has 2 aromatic carbocycles. The molecule has 1 aliphatic heterocycles. The van der Waals surface area contributed by atoms with Gasteiger partial charge in [0, 0.05) is 31.2 Å². The fourth-order valence-corrected chi connectivity index (χ4v) is 4.94. The zero-order valence-electron chi connectivity index (χ0n) is 21.2. The summed E-state index contributed by atoms with van der Waals surface area (Å²) in [5.41, 5.74) is 2.89. The third-order valence-corrected chi connectivity index (χ3v) is 6.98. The van der Waals surface area contributed by atoms with E-state index < -0.39 is 0 Å². The van der Waals surface area contributed by atoms with Gasteiger partial charge in [-0.1, -0.05) is 33.8 Å². The quantitative estimate of drug-likeness (QED) is 0.428. The monoisotopic (exact) mass is 480 g/mol. The van der Waals surface area contributed by atoms with Crippen molar-refractivity contribution in [1.82, 2.24) is 20.4 Å². The molecule has 7 heteroatoms. The summed E-state index contributed by atoms with van der Waals surface area (Å²) < 4.78 is 20.6. The Bertz CT molecular complexity index is 1130. The van der Waals surface area contributed by atoms with E-state index >= 15 is 0 Å². The lowest BCUT2D eigenvalue weighted by molar-refractivity contribution is 0.0799. The van der Waals surface area contributed by atoms with Crippen LogP contribution in [0.3, 0.4) is 0 Å². The number of rotatable bonds is 8. The highest BCUT2D eigenvalue weighted by Gasteiger charge is 2.32. The van der Waals surface area contributed by atoms with Gasteiger partial charge in [0.1, 0.15) is 5.82 Å². The minimum absolute atomic E-state index is 0.107.